The number of nitrogens with zero attached hydrogens (tertiary/aromatic N) is 3. The Hall–Kier alpha value is -2.63. The first kappa shape index (κ1) is 16.8. The molecule has 2 aromatic rings. The molecule has 0 unspecified atom stereocenters. The number of imidazole rings is 1. The molecule has 6 heteroatoms. The molecule has 1 amide bonds. The van der Waals surface area contributed by atoms with Gasteiger partial charge in [-0.05, 0) is 31.0 Å². The van der Waals surface area contributed by atoms with Crippen LogP contribution in [0.2, 0.25) is 0 Å². The molecule has 0 radical (unpaired) electrons. The van der Waals surface area contributed by atoms with Gasteiger partial charge in [0, 0.05) is 12.0 Å². The molecule has 0 bridgehead atoms. The monoisotopic (exact) mass is 353 g/mol. The smallest absolute Gasteiger partial charge is 0.256 e. The Morgan fingerprint density at radius 3 is 2.77 bits per heavy atom. The van der Waals surface area contributed by atoms with E-state index in [0.29, 0.717) is 23.6 Å². The molecular weight excluding hydrogens is 330 g/mol. The first-order valence-electron chi connectivity index (χ1n) is 8.94. The van der Waals surface area contributed by atoms with Crippen LogP contribution in [0.3, 0.4) is 0 Å². The molecule has 136 valence electrons. The highest BCUT2D eigenvalue weighted by Gasteiger charge is 2.41. The van der Waals surface area contributed by atoms with Crippen molar-refractivity contribution in [3.05, 3.63) is 41.5 Å². The van der Waals surface area contributed by atoms with E-state index in [9.17, 15) is 9.59 Å². The number of aromatic nitrogens is 2. The molecule has 6 nitrogen and oxygen atoms in total. The van der Waals surface area contributed by atoms with Crippen molar-refractivity contribution in [3.8, 4) is 11.4 Å². The molecule has 4 rings (SSSR count). The van der Waals surface area contributed by atoms with Gasteiger partial charge in [0.05, 0.1) is 30.1 Å². The number of benzene rings is 1. The molecule has 3 heterocycles. The molecule has 2 aliphatic rings. The Bertz CT molecular complexity index is 908. The lowest BCUT2D eigenvalue weighted by Gasteiger charge is -2.24. The van der Waals surface area contributed by atoms with E-state index >= 15 is 0 Å². The zero-order chi connectivity index (χ0) is 18.6. The molecule has 0 N–H and O–H groups in total. The summed E-state index contributed by atoms with van der Waals surface area (Å²) in [4.78, 5) is 32.5. The molecule has 1 atom stereocenters. The number of rotatable bonds is 2. The molecule has 0 spiro atoms. The van der Waals surface area contributed by atoms with Crippen LogP contribution >= 0.6 is 0 Å². The quantitative estimate of drug-likeness (QED) is 0.776. The number of hydrogen-bond donors (Lipinski definition) is 0. The molecule has 1 aromatic carbocycles. The zero-order valence-corrected chi connectivity index (χ0v) is 15.6. The summed E-state index contributed by atoms with van der Waals surface area (Å²) in [5.41, 5.74) is 2.12. The molecule has 0 aliphatic carbocycles. The van der Waals surface area contributed by atoms with Crippen molar-refractivity contribution < 1.29 is 14.3 Å². The lowest BCUT2D eigenvalue weighted by molar-refractivity contribution is 0.0732. The Labute approximate surface area is 152 Å². The molecule has 0 saturated carbocycles. The third kappa shape index (κ3) is 2.35. The highest BCUT2D eigenvalue weighted by atomic mass is 16.5. The molecule has 1 aromatic heterocycles. The van der Waals surface area contributed by atoms with E-state index in [4.69, 9.17) is 4.74 Å². The summed E-state index contributed by atoms with van der Waals surface area (Å²) >= 11 is 0. The highest BCUT2D eigenvalue weighted by Crippen LogP contribution is 2.41. The van der Waals surface area contributed by atoms with Crippen LogP contribution in [0.4, 0.5) is 0 Å². The summed E-state index contributed by atoms with van der Waals surface area (Å²) in [6.07, 6.45) is 3.44. The number of fused-ring (bicyclic) bond motifs is 5. The van der Waals surface area contributed by atoms with E-state index in [1.165, 1.54) is 0 Å². The van der Waals surface area contributed by atoms with Gasteiger partial charge in [-0.25, -0.2) is 4.98 Å². The topological polar surface area (TPSA) is 64.4 Å². The zero-order valence-electron chi connectivity index (χ0n) is 15.6. The van der Waals surface area contributed by atoms with E-state index in [-0.39, 0.29) is 17.7 Å². The fraction of sp³-hybridized carbons (Fsp3) is 0.450. The van der Waals surface area contributed by atoms with Gasteiger partial charge in [-0.3, -0.25) is 14.2 Å². The fourth-order valence-electron chi connectivity index (χ4n) is 3.87. The van der Waals surface area contributed by atoms with Gasteiger partial charge in [0.2, 0.25) is 0 Å². The van der Waals surface area contributed by atoms with Crippen LogP contribution in [-0.4, -0.2) is 39.8 Å². The summed E-state index contributed by atoms with van der Waals surface area (Å²) in [5.74, 6) is 0.629. The summed E-state index contributed by atoms with van der Waals surface area (Å²) in [6, 6.07) is 5.35. The summed E-state index contributed by atoms with van der Waals surface area (Å²) in [7, 11) is 1.59. The van der Waals surface area contributed by atoms with Gasteiger partial charge in [0.15, 0.2) is 5.78 Å². The predicted molar refractivity (Wildman–Crippen MR) is 96.9 cm³/mol. The van der Waals surface area contributed by atoms with Crippen molar-refractivity contribution in [1.29, 1.82) is 0 Å². The number of carbonyl (C=O) groups excluding carboxylic acids is 2. The van der Waals surface area contributed by atoms with Crippen LogP contribution in [-0.2, 0) is 0 Å². The van der Waals surface area contributed by atoms with Crippen LogP contribution in [0.5, 0.6) is 5.75 Å². The standard InChI is InChI=1S/C20H23N3O3/c1-20(2,3)18(24)16-17-15-6-5-9-22(15)19(25)13-10-12(26-4)7-8-14(13)23(17)11-21-16/h7-8,10-11,15H,5-6,9H2,1-4H3/t15-/m0/s1. The minimum Gasteiger partial charge on any atom is -0.497 e. The number of Topliss-reactive ketones (excluding diaryl/α,β-unsaturated/α-hetero) is 1. The maximum atomic E-state index is 13.2. The first-order valence-corrected chi connectivity index (χ1v) is 8.94. The molecule has 26 heavy (non-hydrogen) atoms. The van der Waals surface area contributed by atoms with Crippen molar-refractivity contribution in [3.63, 3.8) is 0 Å². The van der Waals surface area contributed by atoms with Crippen LogP contribution < -0.4 is 4.74 Å². The number of ether oxygens (including phenoxy) is 1. The van der Waals surface area contributed by atoms with E-state index < -0.39 is 5.41 Å². The van der Waals surface area contributed by atoms with E-state index in [0.717, 1.165) is 24.2 Å². The van der Waals surface area contributed by atoms with Gasteiger partial charge in [-0.1, -0.05) is 20.8 Å². The van der Waals surface area contributed by atoms with Crippen LogP contribution in [0, 0.1) is 5.41 Å². The van der Waals surface area contributed by atoms with Gasteiger partial charge in [0.25, 0.3) is 5.91 Å². The SMILES string of the molecule is COc1ccc2c(c1)C(=O)N1CCC[C@H]1c1c(C(=O)C(C)(C)C)ncn1-2. The number of methoxy groups -OCH3 is 1. The molecular formula is C20H23N3O3. The molecule has 2 aliphatic heterocycles. The second-order valence-electron chi connectivity index (χ2n) is 7.97. The Morgan fingerprint density at radius 2 is 2.08 bits per heavy atom. The van der Waals surface area contributed by atoms with Gasteiger partial charge >= 0.3 is 0 Å². The molecule has 1 saturated heterocycles. The number of carbonyl (C=O) groups is 2. The summed E-state index contributed by atoms with van der Waals surface area (Å²) in [5, 5.41) is 0. The largest absolute Gasteiger partial charge is 0.497 e. The Balaban J connectivity index is 1.98. The maximum absolute atomic E-state index is 13.2. The van der Waals surface area contributed by atoms with Crippen molar-refractivity contribution in [2.75, 3.05) is 13.7 Å². The summed E-state index contributed by atoms with van der Waals surface area (Å²) < 4.78 is 7.23. The summed E-state index contributed by atoms with van der Waals surface area (Å²) in [6.45, 7) is 6.38. The number of ketones is 1. The van der Waals surface area contributed by atoms with Gasteiger partial charge in [0.1, 0.15) is 17.8 Å². The fourth-order valence-corrected chi connectivity index (χ4v) is 3.87. The van der Waals surface area contributed by atoms with E-state index in [2.05, 4.69) is 4.98 Å². The van der Waals surface area contributed by atoms with Gasteiger partial charge < -0.3 is 9.64 Å². The van der Waals surface area contributed by atoms with Crippen molar-refractivity contribution in [1.82, 2.24) is 14.5 Å². The normalized spacial score (nSPS) is 18.8. The van der Waals surface area contributed by atoms with Gasteiger partial charge in [-0.2, -0.15) is 0 Å². The van der Waals surface area contributed by atoms with Crippen LogP contribution in [0.25, 0.3) is 5.69 Å². The first-order chi connectivity index (χ1) is 12.3. The van der Waals surface area contributed by atoms with Crippen molar-refractivity contribution >= 4 is 11.7 Å². The second-order valence-corrected chi connectivity index (χ2v) is 7.97. The predicted octanol–water partition coefficient (Wildman–Crippen LogP) is 3.40. The average molecular weight is 353 g/mol. The third-order valence-electron chi connectivity index (χ3n) is 5.22. The number of hydrogen-bond acceptors (Lipinski definition) is 4. The van der Waals surface area contributed by atoms with E-state index in [1.54, 1.807) is 19.5 Å². The lowest BCUT2D eigenvalue weighted by atomic mass is 9.87. The van der Waals surface area contributed by atoms with Crippen molar-refractivity contribution in [2.45, 2.75) is 39.7 Å². The third-order valence-corrected chi connectivity index (χ3v) is 5.22. The maximum Gasteiger partial charge on any atom is 0.256 e. The lowest BCUT2D eigenvalue weighted by Crippen LogP contribution is -2.31. The number of amides is 1. The van der Waals surface area contributed by atoms with Crippen molar-refractivity contribution in [2.24, 2.45) is 5.41 Å². The van der Waals surface area contributed by atoms with Gasteiger partial charge in [-0.15, -0.1) is 0 Å². The van der Waals surface area contributed by atoms with Crippen LogP contribution in [0.1, 0.15) is 66.2 Å². The Kier molecular flexibility index (Phi) is 3.68. The minimum absolute atomic E-state index is 0.00232. The highest BCUT2D eigenvalue weighted by molar-refractivity contribution is 6.02. The van der Waals surface area contributed by atoms with E-state index in [1.807, 2.05) is 42.4 Å². The van der Waals surface area contributed by atoms with Crippen LogP contribution in [0.15, 0.2) is 24.5 Å². The molecule has 1 fully saturated rings. The average Bonchev–Trinajstić information content (AvgIpc) is 3.23. The second kappa shape index (κ2) is 5.69. The Morgan fingerprint density at radius 1 is 1.31 bits per heavy atom. The minimum atomic E-state index is -0.530.